The predicted octanol–water partition coefficient (Wildman–Crippen LogP) is 4.45. The quantitative estimate of drug-likeness (QED) is 0.305. The van der Waals surface area contributed by atoms with Crippen LogP contribution in [0, 0.1) is 29.1 Å². The number of aromatic hydroxyl groups is 1. The van der Waals surface area contributed by atoms with Gasteiger partial charge < -0.3 is 5.11 Å². The van der Waals surface area contributed by atoms with Crippen molar-refractivity contribution in [1.82, 2.24) is 9.78 Å². The molecule has 1 heterocycles. The summed E-state index contributed by atoms with van der Waals surface area (Å²) in [5.41, 5.74) is -2.15. The molecule has 0 radical (unpaired) electrons. The molecule has 0 fully saturated rings. The number of hydrogen-bond acceptors (Lipinski definition) is 3. The molecule has 0 amide bonds. The molecular formula is C20H9F5N2O2. The summed E-state index contributed by atoms with van der Waals surface area (Å²) in [6, 6.07) is 11.4. The van der Waals surface area contributed by atoms with Gasteiger partial charge in [0.2, 0.25) is 5.82 Å². The number of fused-ring (bicyclic) bond motifs is 1. The average molecular weight is 404 g/mol. The normalized spacial score (nSPS) is 11.2. The van der Waals surface area contributed by atoms with E-state index in [1.165, 1.54) is 42.5 Å². The van der Waals surface area contributed by atoms with Crippen LogP contribution in [0.25, 0.3) is 27.7 Å². The zero-order valence-electron chi connectivity index (χ0n) is 14.3. The second-order valence-electron chi connectivity index (χ2n) is 6.08. The van der Waals surface area contributed by atoms with Gasteiger partial charge in [0.05, 0.1) is 11.1 Å². The molecule has 4 nitrogen and oxygen atoms in total. The van der Waals surface area contributed by atoms with E-state index in [1.807, 2.05) is 0 Å². The van der Waals surface area contributed by atoms with Crippen molar-refractivity contribution < 1.29 is 27.1 Å². The van der Waals surface area contributed by atoms with Crippen molar-refractivity contribution in [2.75, 3.05) is 0 Å². The van der Waals surface area contributed by atoms with Crippen molar-refractivity contribution >= 4 is 10.8 Å². The predicted molar refractivity (Wildman–Crippen MR) is 94.2 cm³/mol. The van der Waals surface area contributed by atoms with Crippen LogP contribution in [0.3, 0.4) is 0 Å². The van der Waals surface area contributed by atoms with Crippen LogP contribution in [0.1, 0.15) is 0 Å². The fourth-order valence-corrected chi connectivity index (χ4v) is 2.95. The topological polar surface area (TPSA) is 55.1 Å². The van der Waals surface area contributed by atoms with Gasteiger partial charge in [-0.3, -0.25) is 4.79 Å². The first-order chi connectivity index (χ1) is 13.8. The summed E-state index contributed by atoms with van der Waals surface area (Å²) >= 11 is 0. The molecule has 1 aromatic heterocycles. The standard InChI is InChI=1S/C20H9F5N2O2/c21-13-14(22)16(24)19(17(25)15(13)23)27-20(29)12-4-2-1-3-11(12)18(26-27)9-5-7-10(28)8-6-9/h1-8,28H. The van der Waals surface area contributed by atoms with Crippen LogP contribution >= 0.6 is 0 Å². The van der Waals surface area contributed by atoms with Crippen LogP contribution in [-0.4, -0.2) is 14.9 Å². The highest BCUT2D eigenvalue weighted by Gasteiger charge is 2.29. The molecule has 29 heavy (non-hydrogen) atoms. The first kappa shape index (κ1) is 18.6. The Morgan fingerprint density at radius 1 is 0.724 bits per heavy atom. The van der Waals surface area contributed by atoms with Gasteiger partial charge in [0, 0.05) is 10.9 Å². The van der Waals surface area contributed by atoms with Gasteiger partial charge in [-0.15, -0.1) is 0 Å². The minimum Gasteiger partial charge on any atom is -0.508 e. The molecule has 0 spiro atoms. The SMILES string of the molecule is O=c1c2ccccc2c(-c2ccc(O)cc2)nn1-c1c(F)c(F)c(F)c(F)c1F. The number of benzene rings is 3. The third-order valence-corrected chi connectivity index (χ3v) is 4.34. The third-order valence-electron chi connectivity index (χ3n) is 4.34. The maximum absolute atomic E-state index is 14.3. The summed E-state index contributed by atoms with van der Waals surface area (Å²) < 4.78 is 69.5. The van der Waals surface area contributed by atoms with Gasteiger partial charge in [0.1, 0.15) is 11.4 Å². The highest BCUT2D eigenvalue weighted by molar-refractivity contribution is 5.94. The fraction of sp³-hybridized carbons (Fsp3) is 0. The zero-order valence-corrected chi connectivity index (χ0v) is 14.3. The van der Waals surface area contributed by atoms with Crippen molar-refractivity contribution in [3.8, 4) is 22.7 Å². The van der Waals surface area contributed by atoms with Gasteiger partial charge in [0.15, 0.2) is 23.3 Å². The summed E-state index contributed by atoms with van der Waals surface area (Å²) in [7, 11) is 0. The number of rotatable bonds is 2. The minimum absolute atomic E-state index is 0.0455. The van der Waals surface area contributed by atoms with E-state index >= 15 is 0 Å². The van der Waals surface area contributed by atoms with Crippen molar-refractivity contribution in [1.29, 1.82) is 0 Å². The minimum atomic E-state index is -2.34. The van der Waals surface area contributed by atoms with E-state index in [0.29, 0.717) is 10.9 Å². The lowest BCUT2D eigenvalue weighted by Crippen LogP contribution is -2.25. The maximum Gasteiger partial charge on any atom is 0.279 e. The van der Waals surface area contributed by atoms with E-state index in [2.05, 4.69) is 5.10 Å². The van der Waals surface area contributed by atoms with Crippen LogP contribution in [0.2, 0.25) is 0 Å². The Kier molecular flexibility index (Phi) is 4.30. The van der Waals surface area contributed by atoms with Crippen molar-refractivity contribution in [3.05, 3.63) is 88.0 Å². The molecule has 4 rings (SSSR count). The van der Waals surface area contributed by atoms with E-state index in [1.54, 1.807) is 6.07 Å². The molecule has 9 heteroatoms. The first-order valence-corrected chi connectivity index (χ1v) is 8.14. The largest absolute Gasteiger partial charge is 0.508 e. The van der Waals surface area contributed by atoms with Gasteiger partial charge in [-0.1, -0.05) is 18.2 Å². The third kappa shape index (κ3) is 2.82. The summed E-state index contributed by atoms with van der Waals surface area (Å²) in [6.45, 7) is 0. The maximum atomic E-state index is 14.3. The number of halogens is 5. The second-order valence-corrected chi connectivity index (χ2v) is 6.08. The van der Waals surface area contributed by atoms with E-state index in [0.717, 1.165) is 0 Å². The van der Waals surface area contributed by atoms with E-state index in [4.69, 9.17) is 0 Å². The summed E-state index contributed by atoms with van der Waals surface area (Å²) in [5.74, 6) is -11.1. The Labute approximate surface area is 159 Å². The van der Waals surface area contributed by atoms with Gasteiger partial charge in [-0.25, -0.2) is 22.0 Å². The van der Waals surface area contributed by atoms with Gasteiger partial charge >= 0.3 is 0 Å². The van der Waals surface area contributed by atoms with Crippen LogP contribution in [0.5, 0.6) is 5.75 Å². The molecule has 0 aliphatic rings. The molecule has 0 bridgehead atoms. The smallest absolute Gasteiger partial charge is 0.279 e. The molecule has 0 saturated carbocycles. The van der Waals surface area contributed by atoms with Crippen molar-refractivity contribution in [3.63, 3.8) is 0 Å². The van der Waals surface area contributed by atoms with E-state index < -0.39 is 40.3 Å². The number of phenolic OH excluding ortho intramolecular Hbond substituents is 1. The molecule has 0 aliphatic heterocycles. The first-order valence-electron chi connectivity index (χ1n) is 8.14. The number of hydrogen-bond donors (Lipinski definition) is 1. The zero-order chi connectivity index (χ0) is 20.9. The Balaban J connectivity index is 2.15. The van der Waals surface area contributed by atoms with Crippen molar-refractivity contribution in [2.45, 2.75) is 0 Å². The second kappa shape index (κ2) is 6.69. The molecule has 0 saturated heterocycles. The van der Waals surface area contributed by atoms with Crippen LogP contribution in [-0.2, 0) is 0 Å². The Morgan fingerprint density at radius 2 is 1.24 bits per heavy atom. The number of aromatic nitrogens is 2. The van der Waals surface area contributed by atoms with Crippen molar-refractivity contribution in [2.24, 2.45) is 0 Å². The summed E-state index contributed by atoms with van der Waals surface area (Å²) in [6.07, 6.45) is 0. The molecule has 0 aliphatic carbocycles. The van der Waals surface area contributed by atoms with Gasteiger partial charge in [-0.05, 0) is 30.3 Å². The summed E-state index contributed by atoms with van der Waals surface area (Å²) in [5, 5.41) is 13.6. The molecule has 0 atom stereocenters. The molecule has 4 aromatic rings. The van der Waals surface area contributed by atoms with Gasteiger partial charge in [0.25, 0.3) is 5.56 Å². The molecule has 146 valence electrons. The molecular weight excluding hydrogens is 395 g/mol. The molecule has 3 aromatic carbocycles. The lowest BCUT2D eigenvalue weighted by molar-refractivity contribution is 0.373. The number of nitrogens with zero attached hydrogens (tertiary/aromatic N) is 2. The number of phenols is 1. The van der Waals surface area contributed by atoms with Crippen LogP contribution < -0.4 is 5.56 Å². The van der Waals surface area contributed by atoms with E-state index in [-0.39, 0.29) is 21.5 Å². The van der Waals surface area contributed by atoms with Gasteiger partial charge in [-0.2, -0.15) is 9.78 Å². The highest BCUT2D eigenvalue weighted by Crippen LogP contribution is 2.29. The summed E-state index contributed by atoms with van der Waals surface area (Å²) in [4.78, 5) is 12.8. The Hall–Kier alpha value is -3.75. The molecule has 1 N–H and O–H groups in total. The lowest BCUT2D eigenvalue weighted by Gasteiger charge is -2.13. The Morgan fingerprint density at radius 3 is 1.83 bits per heavy atom. The highest BCUT2D eigenvalue weighted by atomic mass is 19.2. The fourth-order valence-electron chi connectivity index (χ4n) is 2.95. The van der Waals surface area contributed by atoms with Crippen LogP contribution in [0.15, 0.2) is 53.3 Å². The lowest BCUT2D eigenvalue weighted by atomic mass is 10.0. The molecule has 0 unspecified atom stereocenters. The average Bonchev–Trinajstić information content (AvgIpc) is 2.73. The Bertz CT molecular complexity index is 1300. The van der Waals surface area contributed by atoms with E-state index in [9.17, 15) is 31.9 Å². The van der Waals surface area contributed by atoms with Crippen LogP contribution in [0.4, 0.5) is 22.0 Å². The monoisotopic (exact) mass is 404 g/mol.